The first-order valence-corrected chi connectivity index (χ1v) is 9.15. The van der Waals surface area contributed by atoms with Crippen molar-refractivity contribution in [3.05, 3.63) is 71.8 Å². The number of hydrogen-bond acceptors (Lipinski definition) is 2. The molecule has 1 N–H and O–H groups in total. The van der Waals surface area contributed by atoms with E-state index in [1.165, 1.54) is 24.1 Å². The molecule has 2 aromatic rings. The van der Waals surface area contributed by atoms with Crippen molar-refractivity contribution in [1.82, 2.24) is 4.90 Å². The molecule has 2 aromatic carbocycles. The lowest BCUT2D eigenvalue weighted by Crippen LogP contribution is -2.33. The fourth-order valence-corrected chi connectivity index (χ4v) is 3.31. The summed E-state index contributed by atoms with van der Waals surface area (Å²) < 4.78 is 0. The number of aromatic carboxylic acids is 1. The van der Waals surface area contributed by atoms with E-state index in [1.807, 2.05) is 6.07 Å². The van der Waals surface area contributed by atoms with E-state index in [-0.39, 0.29) is 5.56 Å². The molecular formula is C22H22N2O2. The Hall–Kier alpha value is -2.88. The van der Waals surface area contributed by atoms with Gasteiger partial charge >= 0.3 is 5.97 Å². The average Bonchev–Trinajstić information content (AvgIpc) is 3.48. The van der Waals surface area contributed by atoms with Gasteiger partial charge in [0.05, 0.1) is 11.3 Å². The molecule has 1 saturated carbocycles. The van der Waals surface area contributed by atoms with Gasteiger partial charge in [-0.25, -0.2) is 9.79 Å². The van der Waals surface area contributed by atoms with Crippen LogP contribution in [0.5, 0.6) is 0 Å². The van der Waals surface area contributed by atoms with Crippen LogP contribution in [0.4, 0.5) is 5.69 Å². The molecule has 2 aliphatic rings. The minimum atomic E-state index is -0.911. The second-order valence-corrected chi connectivity index (χ2v) is 6.93. The number of nitrogens with zero attached hydrogens (tertiary/aromatic N) is 2. The number of carbonyl (C=O) groups is 1. The zero-order valence-electron chi connectivity index (χ0n) is 14.6. The molecule has 0 atom stereocenters. The molecular weight excluding hydrogens is 324 g/mol. The Morgan fingerprint density at radius 3 is 2.46 bits per heavy atom. The number of amidine groups is 1. The molecule has 1 aliphatic heterocycles. The number of aliphatic imine (C=N–C) groups is 1. The Balaban J connectivity index is 1.65. The molecule has 132 valence electrons. The van der Waals surface area contributed by atoms with E-state index in [9.17, 15) is 4.79 Å². The van der Waals surface area contributed by atoms with Crippen molar-refractivity contribution in [2.24, 2.45) is 10.9 Å². The first-order valence-electron chi connectivity index (χ1n) is 9.15. The van der Waals surface area contributed by atoms with E-state index >= 15 is 0 Å². The highest BCUT2D eigenvalue weighted by Crippen LogP contribution is 2.35. The van der Waals surface area contributed by atoms with Crippen molar-refractivity contribution in [2.45, 2.75) is 25.7 Å². The van der Waals surface area contributed by atoms with Gasteiger partial charge in [0.15, 0.2) is 0 Å². The number of allylic oxidation sites excluding steroid dienone is 1. The van der Waals surface area contributed by atoms with E-state index in [0.717, 1.165) is 36.8 Å². The van der Waals surface area contributed by atoms with E-state index in [4.69, 9.17) is 10.1 Å². The van der Waals surface area contributed by atoms with E-state index < -0.39 is 5.97 Å². The van der Waals surface area contributed by atoms with Crippen LogP contribution in [0.25, 0.3) is 5.70 Å². The van der Waals surface area contributed by atoms with Crippen LogP contribution in [0.15, 0.2) is 65.7 Å². The van der Waals surface area contributed by atoms with Crippen LogP contribution in [-0.4, -0.2) is 28.4 Å². The van der Waals surface area contributed by atoms with Crippen LogP contribution in [-0.2, 0) is 0 Å². The molecule has 0 unspecified atom stereocenters. The van der Waals surface area contributed by atoms with Gasteiger partial charge in [0.2, 0.25) is 0 Å². The summed E-state index contributed by atoms with van der Waals surface area (Å²) in [5, 5.41) is 9.05. The fraction of sp³-hybridized carbons (Fsp3) is 0.273. The number of rotatable bonds is 5. The summed E-state index contributed by atoms with van der Waals surface area (Å²) in [4.78, 5) is 18.3. The lowest BCUT2D eigenvalue weighted by molar-refractivity contribution is 0.0697. The number of carboxylic acids is 1. The normalized spacial score (nSPS) is 18.7. The third kappa shape index (κ3) is 3.69. The van der Waals surface area contributed by atoms with Crippen molar-refractivity contribution in [2.75, 3.05) is 6.54 Å². The molecule has 1 aliphatic carbocycles. The molecule has 0 amide bonds. The Morgan fingerprint density at radius 2 is 1.81 bits per heavy atom. The predicted molar refractivity (Wildman–Crippen MR) is 104 cm³/mol. The molecule has 1 fully saturated rings. The summed E-state index contributed by atoms with van der Waals surface area (Å²) in [6.45, 7) is 1.01. The highest BCUT2D eigenvalue weighted by molar-refractivity contribution is 5.95. The molecule has 0 saturated heterocycles. The molecule has 4 rings (SSSR count). The quantitative estimate of drug-likeness (QED) is 0.832. The summed E-state index contributed by atoms with van der Waals surface area (Å²) in [5.41, 5.74) is 3.56. The Labute approximate surface area is 153 Å². The third-order valence-electron chi connectivity index (χ3n) is 4.89. The molecule has 0 radical (unpaired) electrons. The molecule has 0 spiro atoms. The average molecular weight is 346 g/mol. The molecule has 26 heavy (non-hydrogen) atoms. The summed E-state index contributed by atoms with van der Waals surface area (Å²) in [7, 11) is 0. The summed E-state index contributed by atoms with van der Waals surface area (Å²) in [5.74, 6) is 0.910. The van der Waals surface area contributed by atoms with Gasteiger partial charge in [-0.3, -0.25) is 0 Å². The van der Waals surface area contributed by atoms with Gasteiger partial charge in [0, 0.05) is 18.7 Å². The lowest BCUT2D eigenvalue weighted by Gasteiger charge is -2.32. The fourth-order valence-electron chi connectivity index (χ4n) is 3.31. The molecule has 0 aromatic heterocycles. The zero-order chi connectivity index (χ0) is 17.9. The number of carboxylic acid groups (broad SMARTS) is 1. The van der Waals surface area contributed by atoms with Crippen LogP contribution in [0.3, 0.4) is 0 Å². The zero-order valence-corrected chi connectivity index (χ0v) is 14.6. The topological polar surface area (TPSA) is 52.9 Å². The van der Waals surface area contributed by atoms with Crippen molar-refractivity contribution >= 4 is 23.2 Å². The van der Waals surface area contributed by atoms with Crippen LogP contribution in [0, 0.1) is 5.92 Å². The molecule has 4 heteroatoms. The predicted octanol–water partition coefficient (Wildman–Crippen LogP) is 4.96. The lowest BCUT2D eigenvalue weighted by atomic mass is 10.0. The maximum absolute atomic E-state index is 11.0. The minimum absolute atomic E-state index is 0.289. The second kappa shape index (κ2) is 7.16. The summed E-state index contributed by atoms with van der Waals surface area (Å²) >= 11 is 0. The van der Waals surface area contributed by atoms with Crippen molar-refractivity contribution < 1.29 is 9.90 Å². The molecule has 1 heterocycles. The van der Waals surface area contributed by atoms with E-state index in [1.54, 1.807) is 24.3 Å². The van der Waals surface area contributed by atoms with Gasteiger partial charge in [-0.15, -0.1) is 0 Å². The maximum Gasteiger partial charge on any atom is 0.335 e. The Kier molecular flexibility index (Phi) is 4.57. The standard InChI is InChI=1S/C22H22N2O2/c25-22(26)18-11-13-19(14-12-18)23-21-8-4-7-20(17-5-2-1-3-6-17)24(21)15-16-9-10-16/h1-3,5-7,11-14,16H,4,8-10,15H2,(H,25,26). The van der Waals surface area contributed by atoms with E-state index in [2.05, 4.69) is 35.2 Å². The van der Waals surface area contributed by atoms with Gasteiger partial charge in [0.1, 0.15) is 5.84 Å². The van der Waals surface area contributed by atoms with Crippen LogP contribution < -0.4 is 0 Å². The number of benzene rings is 2. The molecule has 4 nitrogen and oxygen atoms in total. The SMILES string of the molecule is O=C(O)c1ccc(N=C2CCC=C(c3ccccc3)N2CC2CC2)cc1. The van der Waals surface area contributed by atoms with Crippen LogP contribution >= 0.6 is 0 Å². The highest BCUT2D eigenvalue weighted by Gasteiger charge is 2.29. The van der Waals surface area contributed by atoms with Crippen molar-refractivity contribution in [3.8, 4) is 0 Å². The Morgan fingerprint density at radius 1 is 1.08 bits per heavy atom. The number of hydrogen-bond donors (Lipinski definition) is 1. The van der Waals surface area contributed by atoms with Gasteiger partial charge < -0.3 is 10.0 Å². The van der Waals surface area contributed by atoms with Crippen molar-refractivity contribution in [3.63, 3.8) is 0 Å². The monoisotopic (exact) mass is 346 g/mol. The van der Waals surface area contributed by atoms with Gasteiger partial charge in [0.25, 0.3) is 0 Å². The first kappa shape index (κ1) is 16.6. The smallest absolute Gasteiger partial charge is 0.335 e. The summed E-state index contributed by atoms with van der Waals surface area (Å²) in [6, 6.07) is 17.3. The van der Waals surface area contributed by atoms with Crippen molar-refractivity contribution in [1.29, 1.82) is 0 Å². The van der Waals surface area contributed by atoms with E-state index in [0.29, 0.717) is 0 Å². The van der Waals surface area contributed by atoms with Gasteiger partial charge in [-0.2, -0.15) is 0 Å². The van der Waals surface area contributed by atoms with Gasteiger partial charge in [-0.1, -0.05) is 36.4 Å². The van der Waals surface area contributed by atoms with Crippen LogP contribution in [0.2, 0.25) is 0 Å². The van der Waals surface area contributed by atoms with Crippen LogP contribution in [0.1, 0.15) is 41.6 Å². The largest absolute Gasteiger partial charge is 0.478 e. The first-order chi connectivity index (χ1) is 12.7. The highest BCUT2D eigenvalue weighted by atomic mass is 16.4. The van der Waals surface area contributed by atoms with Gasteiger partial charge in [-0.05, 0) is 55.0 Å². The second-order valence-electron chi connectivity index (χ2n) is 6.93. The third-order valence-corrected chi connectivity index (χ3v) is 4.89. The summed E-state index contributed by atoms with van der Waals surface area (Å²) in [6.07, 6.45) is 6.77. The maximum atomic E-state index is 11.0. The Bertz CT molecular complexity index is 849. The molecule has 0 bridgehead atoms. The minimum Gasteiger partial charge on any atom is -0.478 e.